The van der Waals surface area contributed by atoms with Crippen LogP contribution in [0.1, 0.15) is 2.85 Å². The fourth-order valence-corrected chi connectivity index (χ4v) is 1.58. The third kappa shape index (κ3) is 7.74. The standard InChI is InChI=1S/C13H12B2O5.2K.2H/c16-13(19-14(17)11-7-3-1-4-8-11)20-15(18)12-9-5-2-6-10-12;;;;/h1-10,17-18H;;;;/q;2*+1;2*-1. The maximum absolute atomic E-state index is 11.4. The van der Waals surface area contributed by atoms with Crippen molar-refractivity contribution in [2.45, 2.75) is 0 Å². The predicted octanol–water partition coefficient (Wildman–Crippen LogP) is -5.85. The van der Waals surface area contributed by atoms with Gasteiger partial charge in [0.2, 0.25) is 0 Å². The molecule has 2 rings (SSSR count). The molecule has 0 spiro atoms. The second-order valence-corrected chi connectivity index (χ2v) is 4.01. The van der Waals surface area contributed by atoms with E-state index in [0.29, 0.717) is 10.9 Å². The predicted molar refractivity (Wildman–Crippen MR) is 77.9 cm³/mol. The van der Waals surface area contributed by atoms with E-state index in [1.165, 1.54) is 0 Å². The van der Waals surface area contributed by atoms with E-state index in [4.69, 9.17) is 0 Å². The smallest absolute Gasteiger partial charge is 1.00 e. The molecule has 2 N–H and O–H groups in total. The maximum Gasteiger partial charge on any atom is 1.00 e. The third-order valence-corrected chi connectivity index (χ3v) is 2.59. The first-order valence-electron chi connectivity index (χ1n) is 6.00. The molecule has 2 aromatic rings. The van der Waals surface area contributed by atoms with Crippen molar-refractivity contribution in [3.8, 4) is 0 Å². The summed E-state index contributed by atoms with van der Waals surface area (Å²) in [5, 5.41) is 19.3. The molecule has 0 aromatic heterocycles. The first kappa shape index (κ1) is 23.0. The molecule has 0 amide bonds. The number of benzene rings is 2. The fourth-order valence-electron chi connectivity index (χ4n) is 1.58. The molecule has 0 saturated carbocycles. The average Bonchev–Trinajstić information content (AvgIpc) is 2.49. The summed E-state index contributed by atoms with van der Waals surface area (Å²) >= 11 is 0. The Bertz CT molecular complexity index is 519. The monoisotopic (exact) mass is 350 g/mol. The minimum absolute atomic E-state index is 0. The summed E-state index contributed by atoms with van der Waals surface area (Å²) in [6, 6.07) is 16.8. The Kier molecular flexibility index (Phi) is 13.0. The zero-order chi connectivity index (χ0) is 14.4. The SMILES string of the molecule is O=C(OB(O)c1ccccc1)OB(O)c1ccccc1.[H-].[H-].[K+].[K+]. The average molecular weight is 350 g/mol. The molecule has 0 heterocycles. The zero-order valence-corrected chi connectivity index (χ0v) is 18.8. The van der Waals surface area contributed by atoms with Crippen molar-refractivity contribution in [1.82, 2.24) is 0 Å². The fraction of sp³-hybridized carbons (Fsp3) is 0. The molecule has 2 aromatic carbocycles. The minimum Gasteiger partial charge on any atom is -1.00 e. The van der Waals surface area contributed by atoms with E-state index in [1.54, 1.807) is 60.7 Å². The molecule has 0 aliphatic heterocycles. The summed E-state index contributed by atoms with van der Waals surface area (Å²) in [7, 11) is -2.88. The summed E-state index contributed by atoms with van der Waals surface area (Å²) < 4.78 is 9.33. The van der Waals surface area contributed by atoms with Crippen molar-refractivity contribution in [2.75, 3.05) is 0 Å². The number of rotatable bonds is 4. The van der Waals surface area contributed by atoms with Crippen molar-refractivity contribution >= 4 is 31.3 Å². The molecule has 0 atom stereocenters. The molecular weight excluding hydrogens is 336 g/mol. The number of carbonyl (C=O) groups excluding carboxylic acids is 1. The van der Waals surface area contributed by atoms with Crippen LogP contribution < -0.4 is 114 Å². The summed E-state index contributed by atoms with van der Waals surface area (Å²) in [4.78, 5) is 11.4. The topological polar surface area (TPSA) is 76.0 Å². The summed E-state index contributed by atoms with van der Waals surface area (Å²) in [5.74, 6) is 0. The first-order valence-corrected chi connectivity index (χ1v) is 6.00. The molecule has 9 heteroatoms. The normalized spacial score (nSPS) is 8.82. The van der Waals surface area contributed by atoms with Crippen LogP contribution in [0.2, 0.25) is 0 Å². The summed E-state index contributed by atoms with van der Waals surface area (Å²) in [6.07, 6.45) is -1.15. The second-order valence-electron chi connectivity index (χ2n) is 4.01. The van der Waals surface area contributed by atoms with Gasteiger partial charge in [0, 0.05) is 0 Å². The van der Waals surface area contributed by atoms with Gasteiger partial charge in [-0.1, -0.05) is 60.7 Å². The van der Waals surface area contributed by atoms with Gasteiger partial charge in [-0.25, -0.2) is 4.79 Å². The largest absolute Gasteiger partial charge is 1.00 e. The maximum atomic E-state index is 11.4. The van der Waals surface area contributed by atoms with Crippen molar-refractivity contribution in [3.05, 3.63) is 60.7 Å². The van der Waals surface area contributed by atoms with Gasteiger partial charge in [-0.05, 0) is 10.9 Å². The molecule has 0 unspecified atom stereocenters. The van der Waals surface area contributed by atoms with E-state index in [2.05, 4.69) is 9.31 Å². The van der Waals surface area contributed by atoms with Crippen LogP contribution >= 0.6 is 0 Å². The first-order chi connectivity index (χ1) is 9.66. The van der Waals surface area contributed by atoms with Crippen LogP contribution in [-0.4, -0.2) is 30.4 Å². The van der Waals surface area contributed by atoms with Gasteiger partial charge in [0.25, 0.3) is 0 Å². The quantitative estimate of drug-likeness (QED) is 0.538. The summed E-state index contributed by atoms with van der Waals surface area (Å²) in [5.41, 5.74) is 0.831. The summed E-state index contributed by atoms with van der Waals surface area (Å²) in [6.45, 7) is 0. The number of hydrogen-bond donors (Lipinski definition) is 2. The van der Waals surface area contributed by atoms with Crippen molar-refractivity contribution in [3.63, 3.8) is 0 Å². The zero-order valence-electron chi connectivity index (χ0n) is 14.5. The van der Waals surface area contributed by atoms with E-state index < -0.39 is 20.4 Å². The molecular formula is C13H14B2K2O5. The second kappa shape index (κ2) is 12.4. The molecule has 5 nitrogen and oxygen atoms in total. The third-order valence-electron chi connectivity index (χ3n) is 2.59. The van der Waals surface area contributed by atoms with Crippen molar-refractivity contribution < 1.29 is 130 Å². The van der Waals surface area contributed by atoms with Crippen molar-refractivity contribution in [1.29, 1.82) is 0 Å². The van der Waals surface area contributed by atoms with Crippen LogP contribution in [0.3, 0.4) is 0 Å². The van der Waals surface area contributed by atoms with E-state index in [1.807, 2.05) is 0 Å². The van der Waals surface area contributed by atoms with Gasteiger partial charge in [-0.3, -0.25) is 0 Å². The Morgan fingerprint density at radius 1 is 0.773 bits per heavy atom. The van der Waals surface area contributed by atoms with E-state index in [-0.39, 0.29) is 106 Å². The van der Waals surface area contributed by atoms with Crippen LogP contribution in [0.5, 0.6) is 0 Å². The number of carbonyl (C=O) groups is 1. The Morgan fingerprint density at radius 3 is 1.41 bits per heavy atom. The van der Waals surface area contributed by atoms with Gasteiger partial charge >= 0.3 is 123 Å². The molecule has 0 fully saturated rings. The van der Waals surface area contributed by atoms with Gasteiger partial charge in [0.05, 0.1) is 0 Å². The Labute approximate surface area is 217 Å². The van der Waals surface area contributed by atoms with Gasteiger partial charge in [0.15, 0.2) is 0 Å². The van der Waals surface area contributed by atoms with Crippen LogP contribution in [0.15, 0.2) is 60.7 Å². The van der Waals surface area contributed by atoms with Crippen LogP contribution in [0, 0.1) is 0 Å². The van der Waals surface area contributed by atoms with Crippen LogP contribution in [0.25, 0.3) is 0 Å². The Morgan fingerprint density at radius 2 is 1.09 bits per heavy atom. The van der Waals surface area contributed by atoms with Gasteiger partial charge in [-0.2, -0.15) is 0 Å². The van der Waals surface area contributed by atoms with Gasteiger partial charge in [0.1, 0.15) is 0 Å². The molecule has 0 bridgehead atoms. The molecule has 0 saturated heterocycles. The molecule has 0 aliphatic rings. The molecule has 0 aliphatic carbocycles. The van der Waals surface area contributed by atoms with E-state index in [9.17, 15) is 14.8 Å². The molecule has 0 radical (unpaired) electrons. The van der Waals surface area contributed by atoms with Crippen LogP contribution in [0.4, 0.5) is 4.79 Å². The van der Waals surface area contributed by atoms with Crippen LogP contribution in [-0.2, 0) is 9.31 Å². The Hall–Kier alpha value is 1.03. The Balaban J connectivity index is -0.00000110. The van der Waals surface area contributed by atoms with Crippen molar-refractivity contribution in [2.24, 2.45) is 0 Å². The van der Waals surface area contributed by atoms with Gasteiger partial charge < -0.3 is 22.2 Å². The number of hydrogen-bond acceptors (Lipinski definition) is 5. The molecule has 104 valence electrons. The minimum atomic E-state index is -1.44. The van der Waals surface area contributed by atoms with Gasteiger partial charge in [-0.15, -0.1) is 0 Å². The molecule has 22 heavy (non-hydrogen) atoms. The van der Waals surface area contributed by atoms with E-state index in [0.717, 1.165) is 0 Å². The van der Waals surface area contributed by atoms with E-state index >= 15 is 0 Å².